The van der Waals surface area contributed by atoms with Crippen molar-refractivity contribution in [3.05, 3.63) is 97.1 Å². The number of para-hydroxylation sites is 1. The van der Waals surface area contributed by atoms with Crippen molar-refractivity contribution in [1.82, 2.24) is 0 Å². The average Bonchev–Trinajstić information content (AvgIpc) is 3.25. The molecule has 0 bridgehead atoms. The maximum absolute atomic E-state index is 13.4. The summed E-state index contributed by atoms with van der Waals surface area (Å²) < 4.78 is 39.0. The predicted molar refractivity (Wildman–Crippen MR) is 136 cm³/mol. The molecule has 1 aromatic heterocycles. The molecule has 0 saturated heterocycles. The molecule has 1 heterocycles. The minimum Gasteiger partial charge on any atom is -0.497 e. The van der Waals surface area contributed by atoms with Crippen LogP contribution in [0.2, 0.25) is 0 Å². The van der Waals surface area contributed by atoms with Crippen molar-refractivity contribution in [2.75, 3.05) is 23.3 Å². The number of sulfonamides is 1. The first-order chi connectivity index (χ1) is 17.0. The molecule has 7 nitrogen and oxygen atoms in total. The number of hydrogen-bond donors (Lipinski definition) is 1. The third-order valence-corrected chi connectivity index (χ3v) is 7.43. The SMILES string of the molecule is COc1ccc(N(CC(=O)Nc2ccc3c(c2)oc2ccccc23)S(=O)(=O)c2ccccc2)cc1. The Bertz CT molecular complexity index is 1610. The molecule has 0 aliphatic heterocycles. The Morgan fingerprint density at radius 1 is 0.857 bits per heavy atom. The third kappa shape index (κ3) is 4.43. The Morgan fingerprint density at radius 2 is 1.54 bits per heavy atom. The first-order valence-electron chi connectivity index (χ1n) is 10.9. The molecule has 0 spiro atoms. The Labute approximate surface area is 202 Å². The van der Waals surface area contributed by atoms with Gasteiger partial charge in [-0.15, -0.1) is 0 Å². The first-order valence-corrected chi connectivity index (χ1v) is 12.3. The zero-order valence-corrected chi connectivity index (χ0v) is 19.7. The van der Waals surface area contributed by atoms with E-state index in [1.807, 2.05) is 30.3 Å². The van der Waals surface area contributed by atoms with E-state index in [-0.39, 0.29) is 4.90 Å². The Morgan fingerprint density at radius 3 is 2.29 bits per heavy atom. The number of anilines is 2. The van der Waals surface area contributed by atoms with Crippen molar-refractivity contribution in [1.29, 1.82) is 0 Å². The number of amides is 1. The molecule has 1 N–H and O–H groups in total. The number of methoxy groups -OCH3 is 1. The van der Waals surface area contributed by atoms with Gasteiger partial charge in [-0.2, -0.15) is 0 Å². The van der Waals surface area contributed by atoms with E-state index < -0.39 is 22.5 Å². The van der Waals surface area contributed by atoms with E-state index >= 15 is 0 Å². The van der Waals surface area contributed by atoms with Crippen LogP contribution < -0.4 is 14.4 Å². The van der Waals surface area contributed by atoms with Gasteiger partial charge in [0.05, 0.1) is 17.7 Å². The van der Waals surface area contributed by atoms with E-state index in [0.29, 0.717) is 22.7 Å². The largest absolute Gasteiger partial charge is 0.497 e. The molecule has 35 heavy (non-hydrogen) atoms. The number of nitrogens with zero attached hydrogens (tertiary/aromatic N) is 1. The summed E-state index contributed by atoms with van der Waals surface area (Å²) in [7, 11) is -2.47. The van der Waals surface area contributed by atoms with E-state index in [1.165, 1.54) is 19.2 Å². The molecule has 4 aromatic carbocycles. The molecule has 0 aliphatic carbocycles. The minimum absolute atomic E-state index is 0.0901. The number of carbonyl (C=O) groups is 1. The van der Waals surface area contributed by atoms with Gasteiger partial charge in [0.2, 0.25) is 5.91 Å². The second-order valence-corrected chi connectivity index (χ2v) is 9.74. The standard InChI is InChI=1S/C27H22N2O5S/c1-33-21-14-12-20(13-15-21)29(35(31,32)22-7-3-2-4-8-22)18-27(30)28-19-11-16-24-23-9-5-6-10-25(23)34-26(24)17-19/h2-17H,18H2,1H3,(H,28,30). The lowest BCUT2D eigenvalue weighted by Crippen LogP contribution is -2.38. The molecular formula is C27H22N2O5S. The monoisotopic (exact) mass is 486 g/mol. The number of carbonyl (C=O) groups excluding carboxylic acids is 1. The minimum atomic E-state index is -4.00. The van der Waals surface area contributed by atoms with Gasteiger partial charge in [-0.25, -0.2) is 8.42 Å². The van der Waals surface area contributed by atoms with Crippen molar-refractivity contribution in [2.24, 2.45) is 0 Å². The molecule has 0 unspecified atom stereocenters. The number of ether oxygens (including phenoxy) is 1. The van der Waals surface area contributed by atoms with E-state index in [0.717, 1.165) is 20.7 Å². The Hall–Kier alpha value is -4.30. The van der Waals surface area contributed by atoms with Gasteiger partial charge in [0.15, 0.2) is 0 Å². The van der Waals surface area contributed by atoms with E-state index in [2.05, 4.69) is 5.32 Å². The molecule has 1 amide bonds. The summed E-state index contributed by atoms with van der Waals surface area (Å²) >= 11 is 0. The second-order valence-electron chi connectivity index (χ2n) is 7.88. The lowest BCUT2D eigenvalue weighted by molar-refractivity contribution is -0.114. The number of nitrogens with one attached hydrogen (secondary N) is 1. The lowest BCUT2D eigenvalue weighted by atomic mass is 10.1. The topological polar surface area (TPSA) is 88.8 Å². The van der Waals surface area contributed by atoms with Crippen LogP contribution in [-0.4, -0.2) is 28.0 Å². The molecule has 0 atom stereocenters. The van der Waals surface area contributed by atoms with Crippen molar-refractivity contribution < 1.29 is 22.4 Å². The number of rotatable bonds is 7. The zero-order chi connectivity index (χ0) is 24.4. The highest BCUT2D eigenvalue weighted by Gasteiger charge is 2.27. The van der Waals surface area contributed by atoms with Gasteiger partial charge in [0, 0.05) is 22.5 Å². The summed E-state index contributed by atoms with van der Waals surface area (Å²) in [5.74, 6) is 0.0881. The number of hydrogen-bond acceptors (Lipinski definition) is 5. The van der Waals surface area contributed by atoms with Crippen LogP contribution >= 0.6 is 0 Å². The van der Waals surface area contributed by atoms with Crippen LogP contribution in [0, 0.1) is 0 Å². The molecule has 0 fully saturated rings. The lowest BCUT2D eigenvalue weighted by Gasteiger charge is -2.24. The average molecular weight is 487 g/mol. The molecular weight excluding hydrogens is 464 g/mol. The van der Waals surface area contributed by atoms with Crippen molar-refractivity contribution >= 4 is 49.2 Å². The molecule has 176 valence electrons. The summed E-state index contributed by atoms with van der Waals surface area (Å²) in [4.78, 5) is 13.1. The van der Waals surface area contributed by atoms with Gasteiger partial charge in [-0.1, -0.05) is 36.4 Å². The van der Waals surface area contributed by atoms with Gasteiger partial charge >= 0.3 is 0 Å². The fraction of sp³-hybridized carbons (Fsp3) is 0.0741. The van der Waals surface area contributed by atoms with E-state index in [4.69, 9.17) is 9.15 Å². The number of benzene rings is 4. The summed E-state index contributed by atoms with van der Waals surface area (Å²) in [5, 5.41) is 4.72. The summed E-state index contributed by atoms with van der Waals surface area (Å²) in [6.07, 6.45) is 0. The molecule has 5 aromatic rings. The van der Waals surface area contributed by atoms with Gasteiger partial charge < -0.3 is 14.5 Å². The summed E-state index contributed by atoms with van der Waals surface area (Å²) in [6.45, 7) is -0.415. The zero-order valence-electron chi connectivity index (χ0n) is 18.8. The van der Waals surface area contributed by atoms with Gasteiger partial charge in [-0.05, 0) is 54.6 Å². The smallest absolute Gasteiger partial charge is 0.264 e. The van der Waals surface area contributed by atoms with Crippen LogP contribution in [-0.2, 0) is 14.8 Å². The predicted octanol–water partition coefficient (Wildman–Crippen LogP) is 5.43. The van der Waals surface area contributed by atoms with E-state index in [9.17, 15) is 13.2 Å². The fourth-order valence-corrected chi connectivity index (χ4v) is 5.36. The summed E-state index contributed by atoms with van der Waals surface area (Å²) in [6, 6.07) is 27.6. The maximum atomic E-state index is 13.4. The molecule has 0 saturated carbocycles. The van der Waals surface area contributed by atoms with Gasteiger partial charge in [0.1, 0.15) is 23.5 Å². The number of furan rings is 1. The van der Waals surface area contributed by atoms with Crippen molar-refractivity contribution in [2.45, 2.75) is 4.90 Å². The van der Waals surface area contributed by atoms with Gasteiger partial charge in [-0.3, -0.25) is 9.10 Å². The van der Waals surface area contributed by atoms with Crippen LogP contribution in [0.4, 0.5) is 11.4 Å². The van der Waals surface area contributed by atoms with Crippen LogP contribution in [0.15, 0.2) is 106 Å². The third-order valence-electron chi connectivity index (χ3n) is 5.64. The van der Waals surface area contributed by atoms with Crippen LogP contribution in [0.3, 0.4) is 0 Å². The molecule has 0 radical (unpaired) electrons. The Kier molecular flexibility index (Phi) is 5.88. The molecule has 8 heteroatoms. The molecule has 5 rings (SSSR count). The van der Waals surface area contributed by atoms with Crippen molar-refractivity contribution in [3.8, 4) is 5.75 Å². The van der Waals surface area contributed by atoms with Crippen LogP contribution in [0.1, 0.15) is 0 Å². The normalized spacial score (nSPS) is 11.5. The highest BCUT2D eigenvalue weighted by atomic mass is 32.2. The maximum Gasteiger partial charge on any atom is 0.264 e. The Balaban J connectivity index is 1.44. The highest BCUT2D eigenvalue weighted by Crippen LogP contribution is 2.31. The first kappa shape index (κ1) is 22.5. The quantitative estimate of drug-likeness (QED) is 0.331. The fourth-order valence-electron chi connectivity index (χ4n) is 3.92. The van der Waals surface area contributed by atoms with Crippen molar-refractivity contribution in [3.63, 3.8) is 0 Å². The summed E-state index contributed by atoms with van der Waals surface area (Å²) in [5.41, 5.74) is 2.24. The van der Waals surface area contributed by atoms with E-state index in [1.54, 1.807) is 54.6 Å². The second kappa shape index (κ2) is 9.15. The van der Waals surface area contributed by atoms with Crippen LogP contribution in [0.5, 0.6) is 5.75 Å². The number of fused-ring (bicyclic) bond motifs is 3. The molecule has 0 aliphatic rings. The van der Waals surface area contributed by atoms with Gasteiger partial charge in [0.25, 0.3) is 10.0 Å². The van der Waals surface area contributed by atoms with Crippen LogP contribution in [0.25, 0.3) is 21.9 Å². The highest BCUT2D eigenvalue weighted by molar-refractivity contribution is 7.92.